The van der Waals surface area contributed by atoms with E-state index < -0.39 is 6.10 Å². The van der Waals surface area contributed by atoms with Gasteiger partial charge in [0.25, 0.3) is 0 Å². The van der Waals surface area contributed by atoms with Crippen LogP contribution in [0.3, 0.4) is 0 Å². The predicted octanol–water partition coefficient (Wildman–Crippen LogP) is -0.320. The Labute approximate surface area is 71.2 Å². The van der Waals surface area contributed by atoms with Crippen LogP contribution >= 0.6 is 0 Å². The van der Waals surface area contributed by atoms with Crippen LogP contribution in [-0.4, -0.2) is 26.6 Å². The van der Waals surface area contributed by atoms with Crippen molar-refractivity contribution in [2.45, 2.75) is 26.0 Å². The number of aromatic nitrogens is 3. The summed E-state index contributed by atoms with van der Waals surface area (Å²) in [5.74, 6) is 0. The highest BCUT2D eigenvalue weighted by atomic mass is 16.3. The Balaban J connectivity index is 2.63. The summed E-state index contributed by atoms with van der Waals surface area (Å²) in [6, 6.07) is 0. The third-order valence-corrected chi connectivity index (χ3v) is 1.57. The van der Waals surface area contributed by atoms with E-state index in [4.69, 9.17) is 5.73 Å². The monoisotopic (exact) mass is 170 g/mol. The Morgan fingerprint density at radius 1 is 1.75 bits per heavy atom. The summed E-state index contributed by atoms with van der Waals surface area (Å²) < 4.78 is 1.70. The highest BCUT2D eigenvalue weighted by Crippen LogP contribution is 2.05. The van der Waals surface area contributed by atoms with E-state index in [9.17, 15) is 5.11 Å². The lowest BCUT2D eigenvalue weighted by molar-refractivity contribution is 0.181. The minimum Gasteiger partial charge on any atom is -0.385 e. The molecule has 1 atom stereocenters. The van der Waals surface area contributed by atoms with E-state index in [2.05, 4.69) is 17.2 Å². The molecule has 0 spiro atoms. The fourth-order valence-corrected chi connectivity index (χ4v) is 0.925. The number of hydrogen-bond donors (Lipinski definition) is 2. The van der Waals surface area contributed by atoms with E-state index in [-0.39, 0.29) is 6.54 Å². The molecule has 0 aliphatic rings. The van der Waals surface area contributed by atoms with Crippen LogP contribution in [-0.2, 0) is 6.54 Å². The lowest BCUT2D eigenvalue weighted by atomic mass is 10.3. The second-order valence-electron chi connectivity index (χ2n) is 2.66. The average molecular weight is 170 g/mol. The zero-order valence-electron chi connectivity index (χ0n) is 7.14. The van der Waals surface area contributed by atoms with Gasteiger partial charge in [0.2, 0.25) is 0 Å². The molecule has 1 unspecified atom stereocenters. The molecule has 0 radical (unpaired) electrons. The molecule has 1 heterocycles. The van der Waals surface area contributed by atoms with Gasteiger partial charge in [0, 0.05) is 13.1 Å². The van der Waals surface area contributed by atoms with Crippen molar-refractivity contribution in [3.8, 4) is 0 Å². The Morgan fingerprint density at radius 3 is 3.08 bits per heavy atom. The van der Waals surface area contributed by atoms with E-state index in [1.807, 2.05) is 0 Å². The van der Waals surface area contributed by atoms with Gasteiger partial charge in [0.1, 0.15) is 11.8 Å². The molecule has 0 amide bonds. The molecule has 0 aromatic carbocycles. The Hall–Kier alpha value is -0.940. The summed E-state index contributed by atoms with van der Waals surface area (Å²) in [5.41, 5.74) is 5.81. The largest absolute Gasteiger partial charge is 0.385 e. The first-order valence-electron chi connectivity index (χ1n) is 4.06. The first-order chi connectivity index (χ1) is 5.77. The summed E-state index contributed by atoms with van der Waals surface area (Å²) in [7, 11) is 0. The fourth-order valence-electron chi connectivity index (χ4n) is 0.925. The number of rotatable bonds is 4. The normalized spacial score (nSPS) is 13.2. The van der Waals surface area contributed by atoms with Crippen molar-refractivity contribution in [1.82, 2.24) is 15.0 Å². The van der Waals surface area contributed by atoms with Gasteiger partial charge in [-0.2, -0.15) is 0 Å². The Kier molecular flexibility index (Phi) is 3.19. The lowest BCUT2D eigenvalue weighted by Crippen LogP contribution is -2.11. The number of aliphatic hydroxyl groups excluding tert-OH is 1. The van der Waals surface area contributed by atoms with Crippen LogP contribution in [0.2, 0.25) is 0 Å². The predicted molar refractivity (Wildman–Crippen MR) is 44.3 cm³/mol. The van der Waals surface area contributed by atoms with Crippen LogP contribution in [0.5, 0.6) is 0 Å². The minimum atomic E-state index is -0.685. The van der Waals surface area contributed by atoms with Crippen molar-refractivity contribution in [2.24, 2.45) is 5.73 Å². The molecule has 68 valence electrons. The molecule has 1 rings (SSSR count). The van der Waals surface area contributed by atoms with Crippen LogP contribution in [0.1, 0.15) is 25.1 Å². The molecule has 0 aliphatic heterocycles. The topological polar surface area (TPSA) is 77.0 Å². The molecular weight excluding hydrogens is 156 g/mol. The minimum absolute atomic E-state index is 0.185. The molecule has 0 fully saturated rings. The summed E-state index contributed by atoms with van der Waals surface area (Å²) in [5, 5.41) is 16.9. The van der Waals surface area contributed by atoms with Crippen molar-refractivity contribution in [2.75, 3.05) is 6.54 Å². The van der Waals surface area contributed by atoms with E-state index in [1.54, 1.807) is 10.9 Å². The van der Waals surface area contributed by atoms with Gasteiger partial charge in [-0.05, 0) is 6.42 Å². The molecule has 1 aromatic heterocycles. The van der Waals surface area contributed by atoms with E-state index in [1.165, 1.54) is 0 Å². The van der Waals surface area contributed by atoms with Crippen LogP contribution in [0.4, 0.5) is 0 Å². The van der Waals surface area contributed by atoms with Gasteiger partial charge < -0.3 is 10.8 Å². The quantitative estimate of drug-likeness (QED) is 0.649. The molecule has 0 saturated carbocycles. The SMILES string of the molecule is CCCn1cc(C(O)CN)nn1. The van der Waals surface area contributed by atoms with Crippen LogP contribution < -0.4 is 5.73 Å². The number of nitrogens with zero attached hydrogens (tertiary/aromatic N) is 3. The van der Waals surface area contributed by atoms with Crippen molar-refractivity contribution in [3.63, 3.8) is 0 Å². The summed E-state index contributed by atoms with van der Waals surface area (Å²) in [6.45, 7) is 3.07. The third-order valence-electron chi connectivity index (χ3n) is 1.57. The van der Waals surface area contributed by atoms with Gasteiger partial charge in [-0.15, -0.1) is 5.10 Å². The number of aryl methyl sites for hydroxylation is 1. The standard InChI is InChI=1S/C7H14N4O/c1-2-3-11-5-6(9-10-11)7(12)4-8/h5,7,12H,2-4,8H2,1H3. The summed E-state index contributed by atoms with van der Waals surface area (Å²) in [4.78, 5) is 0. The van der Waals surface area contributed by atoms with Gasteiger partial charge >= 0.3 is 0 Å². The molecule has 0 saturated heterocycles. The van der Waals surface area contributed by atoms with Gasteiger partial charge in [-0.3, -0.25) is 4.68 Å². The highest BCUT2D eigenvalue weighted by molar-refractivity contribution is 4.97. The highest BCUT2D eigenvalue weighted by Gasteiger charge is 2.08. The van der Waals surface area contributed by atoms with E-state index in [0.717, 1.165) is 13.0 Å². The van der Waals surface area contributed by atoms with Crippen molar-refractivity contribution >= 4 is 0 Å². The van der Waals surface area contributed by atoms with Crippen LogP contribution in [0, 0.1) is 0 Å². The number of hydrogen-bond acceptors (Lipinski definition) is 4. The second kappa shape index (κ2) is 4.18. The lowest BCUT2D eigenvalue weighted by Gasteiger charge is -2.00. The molecule has 0 aliphatic carbocycles. The maximum absolute atomic E-state index is 9.27. The molecule has 3 N–H and O–H groups in total. The van der Waals surface area contributed by atoms with Gasteiger partial charge in [-0.25, -0.2) is 0 Å². The third kappa shape index (κ3) is 2.02. The van der Waals surface area contributed by atoms with Crippen molar-refractivity contribution < 1.29 is 5.11 Å². The van der Waals surface area contributed by atoms with Crippen LogP contribution in [0.15, 0.2) is 6.20 Å². The fraction of sp³-hybridized carbons (Fsp3) is 0.714. The average Bonchev–Trinajstić information content (AvgIpc) is 2.52. The summed E-state index contributed by atoms with van der Waals surface area (Å²) >= 11 is 0. The molecular formula is C7H14N4O. The number of nitrogens with two attached hydrogens (primary N) is 1. The van der Waals surface area contributed by atoms with Gasteiger partial charge in [0.05, 0.1) is 6.20 Å². The Morgan fingerprint density at radius 2 is 2.50 bits per heavy atom. The van der Waals surface area contributed by atoms with Gasteiger partial charge in [-0.1, -0.05) is 12.1 Å². The second-order valence-corrected chi connectivity index (χ2v) is 2.66. The molecule has 5 nitrogen and oxygen atoms in total. The maximum atomic E-state index is 9.27. The number of aliphatic hydroxyl groups is 1. The molecule has 0 bridgehead atoms. The molecule has 5 heteroatoms. The van der Waals surface area contributed by atoms with E-state index in [0.29, 0.717) is 5.69 Å². The smallest absolute Gasteiger partial charge is 0.112 e. The van der Waals surface area contributed by atoms with E-state index >= 15 is 0 Å². The summed E-state index contributed by atoms with van der Waals surface area (Å²) in [6.07, 6.45) is 2.04. The van der Waals surface area contributed by atoms with Crippen LogP contribution in [0.25, 0.3) is 0 Å². The zero-order valence-corrected chi connectivity index (χ0v) is 7.14. The van der Waals surface area contributed by atoms with Crippen molar-refractivity contribution in [1.29, 1.82) is 0 Å². The first-order valence-corrected chi connectivity index (χ1v) is 4.06. The van der Waals surface area contributed by atoms with Gasteiger partial charge in [0.15, 0.2) is 0 Å². The molecule has 1 aromatic rings. The Bertz CT molecular complexity index is 235. The zero-order chi connectivity index (χ0) is 8.97. The first kappa shape index (κ1) is 9.15. The van der Waals surface area contributed by atoms with Crippen molar-refractivity contribution in [3.05, 3.63) is 11.9 Å². The maximum Gasteiger partial charge on any atom is 0.112 e. The molecule has 12 heavy (non-hydrogen) atoms.